The molecule has 1 N–H and O–H groups in total. The topological polar surface area (TPSA) is 71.3 Å². The number of hydrogen-bond acceptors (Lipinski definition) is 4. The van der Waals surface area contributed by atoms with Crippen LogP contribution in [0.2, 0.25) is 0 Å². The molecule has 124 valence electrons. The van der Waals surface area contributed by atoms with Crippen molar-refractivity contribution < 1.29 is 14.3 Å². The van der Waals surface area contributed by atoms with Gasteiger partial charge in [-0.2, -0.15) is 5.26 Å². The number of nitrogens with one attached hydrogen (secondary N) is 1. The summed E-state index contributed by atoms with van der Waals surface area (Å²) >= 11 is 0. The van der Waals surface area contributed by atoms with E-state index in [0.717, 1.165) is 19.3 Å². The van der Waals surface area contributed by atoms with Crippen molar-refractivity contribution in [3.8, 4) is 11.8 Å². The molecular weight excluding hydrogens is 292 g/mol. The average Bonchev–Trinajstić information content (AvgIpc) is 3.39. The molecule has 1 atom stereocenters. The maximum Gasteiger partial charge on any atom is 0.256 e. The molecule has 0 heterocycles. The van der Waals surface area contributed by atoms with Gasteiger partial charge in [0.1, 0.15) is 17.4 Å². The van der Waals surface area contributed by atoms with Gasteiger partial charge in [-0.05, 0) is 57.2 Å². The van der Waals surface area contributed by atoms with Crippen molar-refractivity contribution in [2.75, 3.05) is 18.5 Å². The second-order valence-electron chi connectivity index (χ2n) is 5.94. The molecule has 0 aromatic heterocycles. The van der Waals surface area contributed by atoms with Crippen molar-refractivity contribution >= 4 is 11.6 Å². The minimum Gasteiger partial charge on any atom is -0.492 e. The number of rotatable bonds is 8. The van der Waals surface area contributed by atoms with Crippen LogP contribution in [-0.4, -0.2) is 24.7 Å². The van der Waals surface area contributed by atoms with Crippen LogP contribution in [0.3, 0.4) is 0 Å². The number of amides is 1. The van der Waals surface area contributed by atoms with Gasteiger partial charge in [-0.3, -0.25) is 4.79 Å². The van der Waals surface area contributed by atoms with E-state index in [-0.39, 0.29) is 11.8 Å². The van der Waals surface area contributed by atoms with Gasteiger partial charge in [0.25, 0.3) is 5.91 Å². The zero-order valence-electron chi connectivity index (χ0n) is 14.0. The molecule has 1 aromatic rings. The van der Waals surface area contributed by atoms with Crippen LogP contribution in [-0.2, 0) is 9.53 Å². The smallest absolute Gasteiger partial charge is 0.256 e. The lowest BCUT2D eigenvalue weighted by molar-refractivity contribution is -0.142. The molecular formula is C18H24N2O3. The molecule has 1 saturated carbocycles. The van der Waals surface area contributed by atoms with Crippen molar-refractivity contribution in [1.29, 1.82) is 5.26 Å². The van der Waals surface area contributed by atoms with Crippen LogP contribution >= 0.6 is 0 Å². The van der Waals surface area contributed by atoms with Gasteiger partial charge in [0.05, 0.1) is 12.2 Å². The van der Waals surface area contributed by atoms with Gasteiger partial charge < -0.3 is 14.8 Å². The van der Waals surface area contributed by atoms with E-state index in [0.29, 0.717) is 30.2 Å². The molecule has 0 saturated heterocycles. The normalized spacial score (nSPS) is 16.3. The highest BCUT2D eigenvalue weighted by molar-refractivity contribution is 5.97. The van der Waals surface area contributed by atoms with Crippen LogP contribution in [0.5, 0.6) is 5.75 Å². The number of benzene rings is 1. The van der Waals surface area contributed by atoms with E-state index in [1.54, 1.807) is 18.2 Å². The van der Waals surface area contributed by atoms with Crippen molar-refractivity contribution in [2.45, 2.75) is 45.6 Å². The van der Waals surface area contributed by atoms with Crippen molar-refractivity contribution in [2.24, 2.45) is 5.92 Å². The Hall–Kier alpha value is -2.06. The van der Waals surface area contributed by atoms with Crippen molar-refractivity contribution in [3.63, 3.8) is 0 Å². The van der Waals surface area contributed by atoms with Gasteiger partial charge in [0.15, 0.2) is 0 Å². The molecule has 0 radical (unpaired) electrons. The SMILES string of the molecule is CCCO[C@](C)(C(=O)Nc1ccc(OCC)c(C#N)c1)C1CC1. The number of ether oxygens (including phenoxy) is 2. The zero-order chi connectivity index (χ0) is 16.9. The maximum absolute atomic E-state index is 12.7. The first-order valence-corrected chi connectivity index (χ1v) is 8.17. The van der Waals surface area contributed by atoms with Crippen molar-refractivity contribution in [1.82, 2.24) is 0 Å². The third-order valence-electron chi connectivity index (χ3n) is 4.07. The Morgan fingerprint density at radius 1 is 1.43 bits per heavy atom. The fraction of sp³-hybridized carbons (Fsp3) is 0.556. The third-order valence-corrected chi connectivity index (χ3v) is 4.07. The molecule has 1 aliphatic carbocycles. The molecule has 5 heteroatoms. The summed E-state index contributed by atoms with van der Waals surface area (Å²) in [5.41, 5.74) is 0.190. The van der Waals surface area contributed by atoms with E-state index in [9.17, 15) is 10.1 Å². The lowest BCUT2D eigenvalue weighted by Crippen LogP contribution is -2.45. The minimum atomic E-state index is -0.804. The van der Waals surface area contributed by atoms with E-state index in [1.165, 1.54) is 0 Å². The lowest BCUT2D eigenvalue weighted by atomic mass is 9.98. The monoisotopic (exact) mass is 316 g/mol. The predicted octanol–water partition coefficient (Wildman–Crippen LogP) is 3.49. The first-order chi connectivity index (χ1) is 11.0. The fourth-order valence-electron chi connectivity index (χ4n) is 2.55. The summed E-state index contributed by atoms with van der Waals surface area (Å²) in [4.78, 5) is 12.7. The van der Waals surface area contributed by atoms with Crippen LogP contribution in [0.1, 0.15) is 45.6 Å². The molecule has 23 heavy (non-hydrogen) atoms. The standard InChI is InChI=1S/C18H24N2O3/c1-4-10-23-18(3,14-6-7-14)17(21)20-15-8-9-16(22-5-2)13(11-15)12-19/h8-9,11,14H,4-7,10H2,1-3H3,(H,20,21)/t18-/m0/s1. The van der Waals surface area contributed by atoms with Gasteiger partial charge in [-0.1, -0.05) is 6.92 Å². The Balaban J connectivity index is 2.14. The summed E-state index contributed by atoms with van der Waals surface area (Å²) in [6.45, 7) is 6.80. The summed E-state index contributed by atoms with van der Waals surface area (Å²) in [6, 6.07) is 7.18. The Morgan fingerprint density at radius 2 is 2.17 bits per heavy atom. The van der Waals surface area contributed by atoms with Crippen LogP contribution in [0.25, 0.3) is 0 Å². The number of nitriles is 1. The highest BCUT2D eigenvalue weighted by atomic mass is 16.5. The third kappa shape index (κ3) is 4.02. The Bertz CT molecular complexity index is 605. The largest absolute Gasteiger partial charge is 0.492 e. The minimum absolute atomic E-state index is 0.151. The van der Waals surface area contributed by atoms with E-state index in [1.807, 2.05) is 20.8 Å². The van der Waals surface area contributed by atoms with Crippen LogP contribution in [0, 0.1) is 17.2 Å². The molecule has 0 bridgehead atoms. The van der Waals surface area contributed by atoms with Gasteiger partial charge in [-0.15, -0.1) is 0 Å². The van der Waals surface area contributed by atoms with E-state index in [4.69, 9.17) is 9.47 Å². The molecule has 1 aromatic carbocycles. The number of hydrogen-bond donors (Lipinski definition) is 1. The molecule has 1 amide bonds. The molecule has 1 fully saturated rings. The summed E-state index contributed by atoms with van der Waals surface area (Å²) in [7, 11) is 0. The summed E-state index contributed by atoms with van der Waals surface area (Å²) in [5.74, 6) is 0.647. The van der Waals surface area contributed by atoms with Crippen molar-refractivity contribution in [3.05, 3.63) is 23.8 Å². The van der Waals surface area contributed by atoms with Crippen LogP contribution in [0.4, 0.5) is 5.69 Å². The summed E-state index contributed by atoms with van der Waals surface area (Å²) in [5, 5.41) is 12.1. The molecule has 0 spiro atoms. The molecule has 2 rings (SSSR count). The molecule has 1 aliphatic rings. The first-order valence-electron chi connectivity index (χ1n) is 8.17. The number of carbonyl (C=O) groups excluding carboxylic acids is 1. The lowest BCUT2D eigenvalue weighted by Gasteiger charge is -2.28. The Labute approximate surface area is 137 Å². The molecule has 0 unspecified atom stereocenters. The highest BCUT2D eigenvalue weighted by Crippen LogP contribution is 2.42. The predicted molar refractivity (Wildman–Crippen MR) is 88.3 cm³/mol. The van der Waals surface area contributed by atoms with E-state index in [2.05, 4.69) is 11.4 Å². The summed E-state index contributed by atoms with van der Waals surface area (Å²) in [6.07, 6.45) is 2.90. The number of nitrogens with zero attached hydrogens (tertiary/aromatic N) is 1. The summed E-state index contributed by atoms with van der Waals surface area (Å²) < 4.78 is 11.3. The Morgan fingerprint density at radius 3 is 2.74 bits per heavy atom. The van der Waals surface area contributed by atoms with E-state index >= 15 is 0 Å². The van der Waals surface area contributed by atoms with Gasteiger partial charge in [0, 0.05) is 12.3 Å². The van der Waals surface area contributed by atoms with Gasteiger partial charge in [0.2, 0.25) is 0 Å². The second kappa shape index (κ2) is 7.47. The maximum atomic E-state index is 12.7. The van der Waals surface area contributed by atoms with Gasteiger partial charge >= 0.3 is 0 Å². The Kier molecular flexibility index (Phi) is 5.62. The molecule has 5 nitrogen and oxygen atoms in total. The average molecular weight is 316 g/mol. The van der Waals surface area contributed by atoms with Gasteiger partial charge in [-0.25, -0.2) is 0 Å². The second-order valence-corrected chi connectivity index (χ2v) is 5.94. The quantitative estimate of drug-likeness (QED) is 0.797. The first kappa shape index (κ1) is 17.3. The van der Waals surface area contributed by atoms with E-state index < -0.39 is 5.60 Å². The van der Waals surface area contributed by atoms with Crippen LogP contribution < -0.4 is 10.1 Å². The molecule has 0 aliphatic heterocycles. The number of carbonyl (C=O) groups is 1. The highest BCUT2D eigenvalue weighted by Gasteiger charge is 2.48. The fourth-order valence-corrected chi connectivity index (χ4v) is 2.55. The number of anilines is 1. The van der Waals surface area contributed by atoms with Crippen LogP contribution in [0.15, 0.2) is 18.2 Å². The zero-order valence-corrected chi connectivity index (χ0v) is 14.0.